The van der Waals surface area contributed by atoms with Gasteiger partial charge in [-0.3, -0.25) is 4.79 Å². The number of hydrogen-bond acceptors (Lipinski definition) is 5. The second-order valence-electron chi connectivity index (χ2n) is 5.73. The predicted molar refractivity (Wildman–Crippen MR) is 88.7 cm³/mol. The lowest BCUT2D eigenvalue weighted by Crippen LogP contribution is -2.32. The van der Waals surface area contributed by atoms with Crippen LogP contribution in [0.4, 0.5) is 4.39 Å². The molecule has 0 saturated carbocycles. The Morgan fingerprint density at radius 2 is 2.12 bits per heavy atom. The Morgan fingerprint density at radius 3 is 2.84 bits per heavy atom. The second-order valence-corrected chi connectivity index (χ2v) is 7.49. The molecule has 0 saturated heterocycles. The summed E-state index contributed by atoms with van der Waals surface area (Å²) in [7, 11) is -2.59. The Morgan fingerprint density at radius 1 is 1.32 bits per heavy atom. The van der Waals surface area contributed by atoms with Gasteiger partial charge in [0.25, 0.3) is 5.56 Å². The Bertz CT molecular complexity index is 956. The van der Waals surface area contributed by atoms with E-state index >= 15 is 0 Å². The van der Waals surface area contributed by atoms with Crippen LogP contribution >= 0.6 is 0 Å². The van der Waals surface area contributed by atoms with Crippen LogP contribution in [0.3, 0.4) is 0 Å². The third-order valence-electron chi connectivity index (χ3n) is 4.07. The highest BCUT2D eigenvalue weighted by Crippen LogP contribution is 2.20. The molecule has 1 aliphatic rings. The topological polar surface area (TPSA) is 90.3 Å². The lowest BCUT2D eigenvalue weighted by molar-refractivity contribution is 0.385. The Kier molecular flexibility index (Phi) is 4.87. The molecule has 25 heavy (non-hydrogen) atoms. The molecule has 0 aliphatic heterocycles. The fourth-order valence-corrected chi connectivity index (χ4v) is 3.82. The third kappa shape index (κ3) is 3.72. The molecule has 0 atom stereocenters. The number of benzene rings is 1. The van der Waals surface area contributed by atoms with Crippen molar-refractivity contribution in [2.24, 2.45) is 0 Å². The highest BCUT2D eigenvalue weighted by molar-refractivity contribution is 7.89. The molecule has 0 fully saturated rings. The maximum atomic E-state index is 13.7. The van der Waals surface area contributed by atoms with Gasteiger partial charge in [0.2, 0.25) is 10.0 Å². The maximum Gasteiger partial charge on any atom is 0.267 e. The van der Waals surface area contributed by atoms with Gasteiger partial charge in [-0.05, 0) is 43.0 Å². The first-order valence-electron chi connectivity index (χ1n) is 7.84. The van der Waals surface area contributed by atoms with E-state index in [9.17, 15) is 17.6 Å². The second kappa shape index (κ2) is 6.93. The van der Waals surface area contributed by atoms with Gasteiger partial charge in [-0.2, -0.15) is 5.10 Å². The van der Waals surface area contributed by atoms with Crippen molar-refractivity contribution in [3.63, 3.8) is 0 Å². The summed E-state index contributed by atoms with van der Waals surface area (Å²) in [5.74, 6) is -0.797. The van der Waals surface area contributed by atoms with Gasteiger partial charge in [-0.15, -0.1) is 0 Å². The third-order valence-corrected chi connectivity index (χ3v) is 5.53. The van der Waals surface area contributed by atoms with Crippen LogP contribution in [0.5, 0.6) is 5.75 Å². The van der Waals surface area contributed by atoms with Crippen LogP contribution in [0.1, 0.15) is 17.7 Å². The Hall–Kier alpha value is -2.26. The van der Waals surface area contributed by atoms with Crippen molar-refractivity contribution in [3.8, 4) is 5.75 Å². The molecular weight excluding hydrogens is 349 g/mol. The number of halogens is 1. The largest absolute Gasteiger partial charge is 0.494 e. The van der Waals surface area contributed by atoms with Crippen molar-refractivity contribution in [2.75, 3.05) is 13.7 Å². The van der Waals surface area contributed by atoms with Crippen molar-refractivity contribution in [2.45, 2.75) is 30.7 Å². The van der Waals surface area contributed by atoms with Gasteiger partial charge in [-0.1, -0.05) is 0 Å². The van der Waals surface area contributed by atoms with E-state index in [1.54, 1.807) is 6.07 Å². The van der Waals surface area contributed by atoms with E-state index in [2.05, 4.69) is 9.82 Å². The van der Waals surface area contributed by atoms with Gasteiger partial charge >= 0.3 is 0 Å². The van der Waals surface area contributed by atoms with Gasteiger partial charge in [0.05, 0.1) is 24.2 Å². The van der Waals surface area contributed by atoms with Crippen LogP contribution in [0, 0.1) is 5.82 Å². The molecule has 0 amide bonds. The molecule has 1 N–H and O–H groups in total. The molecule has 1 heterocycles. The number of sulfonamides is 1. The van der Waals surface area contributed by atoms with Crippen LogP contribution in [0.2, 0.25) is 0 Å². The van der Waals surface area contributed by atoms with Crippen LogP contribution in [-0.4, -0.2) is 31.9 Å². The van der Waals surface area contributed by atoms with Crippen molar-refractivity contribution >= 4 is 10.0 Å². The van der Waals surface area contributed by atoms with Crippen LogP contribution < -0.4 is 15.0 Å². The summed E-state index contributed by atoms with van der Waals surface area (Å²) in [6.45, 7) is 0.0751. The minimum Gasteiger partial charge on any atom is -0.494 e. The number of nitrogens with one attached hydrogen (secondary N) is 1. The van der Waals surface area contributed by atoms with E-state index in [-0.39, 0.29) is 29.3 Å². The average molecular weight is 367 g/mol. The van der Waals surface area contributed by atoms with E-state index in [4.69, 9.17) is 4.74 Å². The molecule has 7 nitrogen and oxygen atoms in total. The van der Waals surface area contributed by atoms with Gasteiger partial charge in [0.15, 0.2) is 11.6 Å². The summed E-state index contributed by atoms with van der Waals surface area (Å²) in [5.41, 5.74) is 1.60. The molecule has 1 aromatic carbocycles. The molecule has 1 aliphatic carbocycles. The van der Waals surface area contributed by atoms with Crippen LogP contribution in [0.25, 0.3) is 0 Å². The van der Waals surface area contributed by atoms with Crippen molar-refractivity contribution in [1.82, 2.24) is 14.5 Å². The summed E-state index contributed by atoms with van der Waals surface area (Å²) in [6, 6.07) is 4.95. The zero-order valence-electron chi connectivity index (χ0n) is 13.7. The van der Waals surface area contributed by atoms with E-state index in [1.165, 1.54) is 23.9 Å². The van der Waals surface area contributed by atoms with Gasteiger partial charge in [-0.25, -0.2) is 22.2 Å². The number of methoxy groups -OCH3 is 1. The smallest absolute Gasteiger partial charge is 0.267 e. The molecule has 9 heteroatoms. The fraction of sp³-hybridized carbons (Fsp3) is 0.375. The molecule has 1 aromatic heterocycles. The average Bonchev–Trinajstić information content (AvgIpc) is 3.01. The number of aromatic nitrogens is 2. The molecule has 0 spiro atoms. The standard InChI is InChI=1S/C16H18FN3O4S/c1-24-15-6-5-12(10-13(15)17)25(22,23)18-7-8-20-16(21)9-11-3-2-4-14(11)19-20/h5-6,9-10,18H,2-4,7-8H2,1H3. The zero-order chi connectivity index (χ0) is 18.0. The van der Waals surface area contributed by atoms with Gasteiger partial charge < -0.3 is 4.74 Å². The first-order valence-corrected chi connectivity index (χ1v) is 9.32. The monoisotopic (exact) mass is 367 g/mol. The minimum atomic E-state index is -3.89. The molecule has 134 valence electrons. The number of aryl methyl sites for hydroxylation is 2. The minimum absolute atomic E-state index is 0.0261. The summed E-state index contributed by atoms with van der Waals surface area (Å²) in [6.07, 6.45) is 2.65. The van der Waals surface area contributed by atoms with E-state index in [0.717, 1.165) is 36.6 Å². The lowest BCUT2D eigenvalue weighted by atomic mass is 10.2. The van der Waals surface area contributed by atoms with E-state index < -0.39 is 15.8 Å². The number of ether oxygens (including phenoxy) is 1. The Balaban J connectivity index is 1.69. The van der Waals surface area contributed by atoms with Crippen molar-refractivity contribution < 1.29 is 17.5 Å². The Labute approximate surface area is 144 Å². The number of hydrogen-bond donors (Lipinski definition) is 1. The summed E-state index contributed by atoms with van der Waals surface area (Å²) >= 11 is 0. The summed E-state index contributed by atoms with van der Waals surface area (Å²) in [5, 5.41) is 4.27. The molecule has 0 unspecified atom stereocenters. The van der Waals surface area contributed by atoms with Crippen molar-refractivity contribution in [3.05, 3.63) is 51.7 Å². The number of rotatable bonds is 6. The molecule has 0 bridgehead atoms. The van der Waals surface area contributed by atoms with Gasteiger partial charge in [0, 0.05) is 12.6 Å². The first-order chi connectivity index (χ1) is 11.9. The molecule has 2 aromatic rings. The van der Waals surface area contributed by atoms with Crippen molar-refractivity contribution in [1.29, 1.82) is 0 Å². The summed E-state index contributed by atoms with van der Waals surface area (Å²) in [4.78, 5) is 11.8. The molecule has 3 rings (SSSR count). The quantitative estimate of drug-likeness (QED) is 0.818. The summed E-state index contributed by atoms with van der Waals surface area (Å²) < 4.78 is 46.5. The van der Waals surface area contributed by atoms with Crippen LogP contribution in [-0.2, 0) is 29.4 Å². The maximum absolute atomic E-state index is 13.7. The lowest BCUT2D eigenvalue weighted by Gasteiger charge is -2.10. The SMILES string of the molecule is COc1ccc(S(=O)(=O)NCCn2nc3c(cc2=O)CCC3)cc1F. The fourth-order valence-electron chi connectivity index (χ4n) is 2.78. The number of fused-ring (bicyclic) bond motifs is 1. The normalized spacial score (nSPS) is 13.7. The van der Waals surface area contributed by atoms with E-state index in [1.807, 2.05) is 0 Å². The van der Waals surface area contributed by atoms with Crippen LogP contribution in [0.15, 0.2) is 34.0 Å². The van der Waals surface area contributed by atoms with Gasteiger partial charge in [0.1, 0.15) is 0 Å². The molecular formula is C16H18FN3O4S. The highest BCUT2D eigenvalue weighted by atomic mass is 32.2. The first kappa shape index (κ1) is 17.6. The predicted octanol–water partition coefficient (Wildman–Crippen LogP) is 0.858. The van der Waals surface area contributed by atoms with E-state index in [0.29, 0.717) is 0 Å². The number of nitrogens with zero attached hydrogens (tertiary/aromatic N) is 2. The highest BCUT2D eigenvalue weighted by Gasteiger charge is 2.18. The zero-order valence-corrected chi connectivity index (χ0v) is 14.5. The molecule has 0 radical (unpaired) electrons.